The number of nitrogens with one attached hydrogen (secondary N) is 1. The average molecular weight is 321 g/mol. The van der Waals surface area contributed by atoms with E-state index in [9.17, 15) is 9.50 Å². The van der Waals surface area contributed by atoms with Crippen molar-refractivity contribution in [1.82, 2.24) is 15.1 Å². The van der Waals surface area contributed by atoms with E-state index >= 15 is 0 Å². The van der Waals surface area contributed by atoms with Gasteiger partial charge >= 0.3 is 0 Å². The third-order valence-corrected chi connectivity index (χ3v) is 3.70. The van der Waals surface area contributed by atoms with Crippen LogP contribution in [-0.4, -0.2) is 58.7 Å². The SMILES string of the molecule is OC1(COc2cccc(F)c2)COCCN(Cc2ccn[nH]2)C1. The summed E-state index contributed by atoms with van der Waals surface area (Å²) in [6, 6.07) is 7.77. The van der Waals surface area contributed by atoms with Crippen LogP contribution in [0.5, 0.6) is 5.75 Å². The largest absolute Gasteiger partial charge is 0.490 e. The Kier molecular flexibility index (Phi) is 4.90. The highest BCUT2D eigenvalue weighted by Crippen LogP contribution is 2.18. The Hall–Kier alpha value is -1.96. The third kappa shape index (κ3) is 4.51. The van der Waals surface area contributed by atoms with Crippen LogP contribution in [0.4, 0.5) is 4.39 Å². The van der Waals surface area contributed by atoms with Gasteiger partial charge in [-0.2, -0.15) is 5.10 Å². The number of H-pyrrole nitrogens is 1. The molecule has 0 bridgehead atoms. The maximum Gasteiger partial charge on any atom is 0.134 e. The van der Waals surface area contributed by atoms with E-state index in [1.165, 1.54) is 12.1 Å². The van der Waals surface area contributed by atoms with Crippen molar-refractivity contribution in [1.29, 1.82) is 0 Å². The Morgan fingerprint density at radius 2 is 2.35 bits per heavy atom. The predicted molar refractivity (Wildman–Crippen MR) is 81.5 cm³/mol. The summed E-state index contributed by atoms with van der Waals surface area (Å²) in [7, 11) is 0. The average Bonchev–Trinajstić information content (AvgIpc) is 2.95. The number of rotatable bonds is 5. The van der Waals surface area contributed by atoms with E-state index in [-0.39, 0.29) is 19.0 Å². The van der Waals surface area contributed by atoms with Crippen molar-refractivity contribution in [2.24, 2.45) is 0 Å². The van der Waals surface area contributed by atoms with E-state index in [0.29, 0.717) is 32.0 Å². The molecule has 0 amide bonds. The van der Waals surface area contributed by atoms with Crippen molar-refractivity contribution in [3.05, 3.63) is 48.0 Å². The van der Waals surface area contributed by atoms with Crippen molar-refractivity contribution >= 4 is 0 Å². The first kappa shape index (κ1) is 15.9. The number of benzene rings is 1. The van der Waals surface area contributed by atoms with Gasteiger partial charge in [-0.3, -0.25) is 10.00 Å². The number of aliphatic hydroxyl groups is 1. The van der Waals surface area contributed by atoms with Gasteiger partial charge in [0.2, 0.25) is 0 Å². The zero-order valence-electron chi connectivity index (χ0n) is 12.7. The highest BCUT2D eigenvalue weighted by atomic mass is 19.1. The zero-order valence-corrected chi connectivity index (χ0v) is 12.7. The maximum atomic E-state index is 13.2. The van der Waals surface area contributed by atoms with Crippen LogP contribution in [0.1, 0.15) is 5.69 Å². The summed E-state index contributed by atoms with van der Waals surface area (Å²) in [5.41, 5.74) is -0.177. The fourth-order valence-corrected chi connectivity index (χ4v) is 2.61. The van der Waals surface area contributed by atoms with Crippen LogP contribution in [0.3, 0.4) is 0 Å². The molecule has 7 heteroatoms. The highest BCUT2D eigenvalue weighted by Gasteiger charge is 2.33. The fourth-order valence-electron chi connectivity index (χ4n) is 2.61. The minimum absolute atomic E-state index is 0.0376. The Morgan fingerprint density at radius 1 is 1.43 bits per heavy atom. The normalized spacial score (nSPS) is 22.7. The molecular formula is C16H20FN3O3. The monoisotopic (exact) mass is 321 g/mol. The summed E-state index contributed by atoms with van der Waals surface area (Å²) < 4.78 is 24.2. The number of hydrogen-bond acceptors (Lipinski definition) is 5. The molecule has 1 unspecified atom stereocenters. The van der Waals surface area contributed by atoms with Gasteiger partial charge in [-0.15, -0.1) is 0 Å². The molecule has 2 heterocycles. The van der Waals surface area contributed by atoms with Crippen molar-refractivity contribution in [2.75, 3.05) is 32.9 Å². The van der Waals surface area contributed by atoms with Crippen LogP contribution in [0.2, 0.25) is 0 Å². The zero-order chi connectivity index (χ0) is 16.1. The summed E-state index contributed by atoms with van der Waals surface area (Å²) in [6.07, 6.45) is 1.70. The van der Waals surface area contributed by atoms with E-state index in [1.54, 1.807) is 18.3 Å². The number of halogens is 1. The van der Waals surface area contributed by atoms with Crippen LogP contribution in [0.15, 0.2) is 36.5 Å². The van der Waals surface area contributed by atoms with Gasteiger partial charge < -0.3 is 14.6 Å². The molecule has 3 rings (SSSR count). The molecule has 1 aliphatic heterocycles. The van der Waals surface area contributed by atoms with Crippen LogP contribution >= 0.6 is 0 Å². The van der Waals surface area contributed by atoms with Crippen LogP contribution in [-0.2, 0) is 11.3 Å². The molecule has 1 saturated heterocycles. The van der Waals surface area contributed by atoms with E-state index in [4.69, 9.17) is 9.47 Å². The van der Waals surface area contributed by atoms with Crippen LogP contribution in [0.25, 0.3) is 0 Å². The molecule has 0 spiro atoms. The summed E-state index contributed by atoms with van der Waals surface area (Å²) >= 11 is 0. The number of aromatic amines is 1. The summed E-state index contributed by atoms with van der Waals surface area (Å²) in [5.74, 6) is 0.0234. The lowest BCUT2D eigenvalue weighted by Crippen LogP contribution is -2.48. The molecule has 0 radical (unpaired) electrons. The van der Waals surface area contributed by atoms with Gasteiger partial charge in [-0.25, -0.2) is 4.39 Å². The molecule has 0 aliphatic carbocycles. The number of aromatic nitrogens is 2. The van der Waals surface area contributed by atoms with Gasteiger partial charge in [-0.1, -0.05) is 6.07 Å². The third-order valence-electron chi connectivity index (χ3n) is 3.70. The lowest BCUT2D eigenvalue weighted by atomic mass is 10.1. The minimum atomic E-state index is -1.15. The second kappa shape index (κ2) is 7.08. The lowest BCUT2D eigenvalue weighted by Gasteiger charge is -2.30. The van der Waals surface area contributed by atoms with Gasteiger partial charge in [0.15, 0.2) is 0 Å². The molecule has 0 saturated carbocycles. The Labute approximate surface area is 133 Å². The molecule has 6 nitrogen and oxygen atoms in total. The number of nitrogens with zero attached hydrogens (tertiary/aromatic N) is 2. The van der Waals surface area contributed by atoms with Crippen LogP contribution in [0, 0.1) is 5.82 Å². The fraction of sp³-hybridized carbons (Fsp3) is 0.438. The van der Waals surface area contributed by atoms with Crippen molar-refractivity contribution in [2.45, 2.75) is 12.1 Å². The molecular weight excluding hydrogens is 301 g/mol. The van der Waals surface area contributed by atoms with Gasteiger partial charge in [0.1, 0.15) is 23.8 Å². The molecule has 1 aliphatic rings. The number of ether oxygens (including phenoxy) is 2. The highest BCUT2D eigenvalue weighted by molar-refractivity contribution is 5.22. The maximum absolute atomic E-state index is 13.2. The minimum Gasteiger partial charge on any atom is -0.490 e. The molecule has 2 N–H and O–H groups in total. The van der Waals surface area contributed by atoms with Gasteiger partial charge in [0, 0.05) is 37.6 Å². The molecule has 23 heavy (non-hydrogen) atoms. The quantitative estimate of drug-likeness (QED) is 0.866. The van der Waals surface area contributed by atoms with E-state index in [1.807, 2.05) is 6.07 Å². The van der Waals surface area contributed by atoms with E-state index in [2.05, 4.69) is 15.1 Å². The first-order chi connectivity index (χ1) is 11.1. The first-order valence-corrected chi connectivity index (χ1v) is 7.52. The van der Waals surface area contributed by atoms with Crippen molar-refractivity contribution < 1.29 is 19.0 Å². The topological polar surface area (TPSA) is 70.6 Å². The molecule has 2 aromatic rings. The molecule has 1 atom stereocenters. The van der Waals surface area contributed by atoms with E-state index in [0.717, 1.165) is 5.69 Å². The van der Waals surface area contributed by atoms with Gasteiger partial charge in [0.25, 0.3) is 0 Å². The van der Waals surface area contributed by atoms with Gasteiger partial charge in [-0.05, 0) is 18.2 Å². The number of β-amino-alcohol motifs (C(OH)–C–C–N with tert-alkyl or cyclic N) is 1. The van der Waals surface area contributed by atoms with Crippen molar-refractivity contribution in [3.63, 3.8) is 0 Å². The Balaban J connectivity index is 1.61. The number of hydrogen-bond donors (Lipinski definition) is 2. The first-order valence-electron chi connectivity index (χ1n) is 7.52. The second-order valence-corrected chi connectivity index (χ2v) is 5.82. The molecule has 1 aromatic carbocycles. The van der Waals surface area contributed by atoms with Crippen molar-refractivity contribution in [3.8, 4) is 5.75 Å². The Bertz CT molecular complexity index is 623. The predicted octanol–water partition coefficient (Wildman–Crippen LogP) is 1.19. The summed E-state index contributed by atoms with van der Waals surface area (Å²) in [5, 5.41) is 17.6. The van der Waals surface area contributed by atoms with Crippen LogP contribution < -0.4 is 4.74 Å². The standard InChI is InChI=1S/C16H20FN3O3/c17-13-2-1-3-15(8-13)23-12-16(21)10-20(6-7-22-11-16)9-14-4-5-18-19-14/h1-5,8,21H,6-7,9-12H2,(H,18,19). The molecule has 1 fully saturated rings. The molecule has 124 valence electrons. The lowest BCUT2D eigenvalue weighted by molar-refractivity contribution is -0.0647. The second-order valence-electron chi connectivity index (χ2n) is 5.82. The van der Waals surface area contributed by atoms with E-state index < -0.39 is 5.60 Å². The summed E-state index contributed by atoms with van der Waals surface area (Å²) in [4.78, 5) is 2.08. The Morgan fingerprint density at radius 3 is 3.13 bits per heavy atom. The van der Waals surface area contributed by atoms with Gasteiger partial charge in [0.05, 0.1) is 13.2 Å². The molecule has 1 aromatic heterocycles. The smallest absolute Gasteiger partial charge is 0.134 e. The summed E-state index contributed by atoms with van der Waals surface area (Å²) in [6.45, 7) is 2.52.